The highest BCUT2D eigenvalue weighted by Crippen LogP contribution is 2.29. The SMILES string of the molecule is COC(=NCC[NH+](C)C)NC(=O)c1cccc(C(F)(F)F)c1. The average molecular weight is 318 g/mol. The zero-order valence-electron chi connectivity index (χ0n) is 12.6. The predicted molar refractivity (Wildman–Crippen MR) is 75.9 cm³/mol. The number of likely N-dealkylation sites (N-methyl/N-ethyl adjacent to an activating group) is 1. The maximum atomic E-state index is 12.6. The summed E-state index contributed by atoms with van der Waals surface area (Å²) >= 11 is 0. The Hall–Kier alpha value is -2.09. The lowest BCUT2D eigenvalue weighted by Gasteiger charge is -2.10. The van der Waals surface area contributed by atoms with Crippen molar-refractivity contribution < 1.29 is 27.6 Å². The van der Waals surface area contributed by atoms with Crippen molar-refractivity contribution in [3.05, 3.63) is 35.4 Å². The maximum Gasteiger partial charge on any atom is 0.416 e. The summed E-state index contributed by atoms with van der Waals surface area (Å²) in [4.78, 5) is 17.2. The van der Waals surface area contributed by atoms with Crippen molar-refractivity contribution in [2.24, 2.45) is 4.99 Å². The fourth-order valence-electron chi connectivity index (χ4n) is 1.54. The van der Waals surface area contributed by atoms with Crippen LogP contribution in [0.1, 0.15) is 15.9 Å². The molecule has 5 nitrogen and oxygen atoms in total. The van der Waals surface area contributed by atoms with E-state index < -0.39 is 17.6 Å². The molecule has 0 aromatic heterocycles. The van der Waals surface area contributed by atoms with E-state index in [9.17, 15) is 18.0 Å². The van der Waals surface area contributed by atoms with Crippen LogP contribution in [0.5, 0.6) is 0 Å². The minimum atomic E-state index is -4.50. The highest BCUT2D eigenvalue weighted by Gasteiger charge is 2.30. The monoisotopic (exact) mass is 318 g/mol. The number of nitrogens with one attached hydrogen (secondary N) is 2. The van der Waals surface area contributed by atoms with Gasteiger partial charge in [0.25, 0.3) is 11.9 Å². The van der Waals surface area contributed by atoms with Gasteiger partial charge in [-0.2, -0.15) is 13.2 Å². The first-order valence-corrected chi connectivity index (χ1v) is 6.60. The Morgan fingerprint density at radius 1 is 1.36 bits per heavy atom. The molecular weight excluding hydrogens is 299 g/mol. The Kier molecular flexibility index (Phi) is 6.36. The smallest absolute Gasteiger partial charge is 0.416 e. The molecule has 22 heavy (non-hydrogen) atoms. The molecule has 0 unspecified atom stereocenters. The van der Waals surface area contributed by atoms with Gasteiger partial charge in [0.2, 0.25) is 0 Å². The van der Waals surface area contributed by atoms with E-state index in [0.717, 1.165) is 18.7 Å². The molecule has 0 aliphatic rings. The van der Waals surface area contributed by atoms with Crippen molar-refractivity contribution in [1.29, 1.82) is 0 Å². The number of quaternary nitrogens is 1. The zero-order chi connectivity index (χ0) is 16.8. The molecule has 8 heteroatoms. The van der Waals surface area contributed by atoms with Gasteiger partial charge in [0.15, 0.2) is 0 Å². The van der Waals surface area contributed by atoms with E-state index in [2.05, 4.69) is 10.3 Å². The second kappa shape index (κ2) is 7.79. The highest BCUT2D eigenvalue weighted by atomic mass is 19.4. The summed E-state index contributed by atoms with van der Waals surface area (Å²) in [6.07, 6.45) is -4.50. The molecule has 2 N–H and O–H groups in total. The Balaban J connectivity index is 2.79. The summed E-state index contributed by atoms with van der Waals surface area (Å²) in [7, 11) is 5.22. The van der Waals surface area contributed by atoms with E-state index in [-0.39, 0.29) is 11.6 Å². The number of alkyl halides is 3. The quantitative estimate of drug-likeness (QED) is 0.630. The predicted octanol–water partition coefficient (Wildman–Crippen LogP) is 0.582. The number of carbonyl (C=O) groups is 1. The number of carbonyl (C=O) groups excluding carboxylic acids is 1. The molecule has 1 rings (SSSR count). The van der Waals surface area contributed by atoms with Crippen molar-refractivity contribution in [2.45, 2.75) is 6.18 Å². The van der Waals surface area contributed by atoms with E-state index in [1.807, 2.05) is 14.1 Å². The standard InChI is InChI=1S/C14H18F3N3O2/c1-20(2)8-7-18-13(22-3)19-12(21)10-5-4-6-11(9-10)14(15,16)17/h4-6,9H,7-8H2,1-3H3,(H,18,19,21)/p+1. The number of hydrogen-bond acceptors (Lipinski definition) is 3. The van der Waals surface area contributed by atoms with Gasteiger partial charge in [0, 0.05) is 5.56 Å². The second-order valence-corrected chi connectivity index (χ2v) is 4.88. The molecule has 0 atom stereocenters. The number of benzene rings is 1. The molecule has 0 aliphatic carbocycles. The van der Waals surface area contributed by atoms with Gasteiger partial charge in [-0.15, -0.1) is 0 Å². The molecule has 122 valence electrons. The van der Waals surface area contributed by atoms with Crippen LogP contribution >= 0.6 is 0 Å². The number of ether oxygens (including phenoxy) is 1. The molecule has 1 aromatic rings. The molecular formula is C14H19F3N3O2+. The Morgan fingerprint density at radius 3 is 2.59 bits per heavy atom. The van der Waals surface area contributed by atoms with Gasteiger partial charge in [-0.3, -0.25) is 10.1 Å². The third kappa shape index (κ3) is 5.72. The number of halogens is 3. The molecule has 0 spiro atoms. The minimum absolute atomic E-state index is 0.0244. The van der Waals surface area contributed by atoms with Gasteiger partial charge < -0.3 is 9.64 Å². The lowest BCUT2D eigenvalue weighted by molar-refractivity contribution is -0.856. The van der Waals surface area contributed by atoms with E-state index >= 15 is 0 Å². The number of amides is 1. The van der Waals surface area contributed by atoms with E-state index in [4.69, 9.17) is 4.74 Å². The molecule has 0 radical (unpaired) electrons. The average Bonchev–Trinajstić information content (AvgIpc) is 2.45. The minimum Gasteiger partial charge on any atom is -0.468 e. The van der Waals surface area contributed by atoms with Crippen molar-refractivity contribution >= 4 is 11.9 Å². The van der Waals surface area contributed by atoms with Gasteiger partial charge >= 0.3 is 6.18 Å². The van der Waals surface area contributed by atoms with Crippen LogP contribution < -0.4 is 10.2 Å². The van der Waals surface area contributed by atoms with Gasteiger partial charge in [0.05, 0.1) is 39.9 Å². The van der Waals surface area contributed by atoms with Gasteiger partial charge in [-0.05, 0) is 18.2 Å². The summed E-state index contributed by atoms with van der Waals surface area (Å²) in [6.45, 7) is 1.15. The van der Waals surface area contributed by atoms with Crippen LogP contribution in [-0.2, 0) is 10.9 Å². The number of hydrogen-bond donors (Lipinski definition) is 2. The van der Waals surface area contributed by atoms with Crippen LogP contribution in [0.3, 0.4) is 0 Å². The van der Waals surface area contributed by atoms with Crippen LogP contribution in [0.2, 0.25) is 0 Å². The third-order valence-electron chi connectivity index (χ3n) is 2.73. The lowest BCUT2D eigenvalue weighted by Crippen LogP contribution is -3.06. The Bertz CT molecular complexity index is 542. The normalized spacial score (nSPS) is 12.4. The van der Waals surface area contributed by atoms with Crippen LogP contribution in [0.15, 0.2) is 29.3 Å². The summed E-state index contributed by atoms with van der Waals surface area (Å²) < 4.78 is 42.8. The van der Waals surface area contributed by atoms with E-state index in [1.54, 1.807) is 0 Å². The van der Waals surface area contributed by atoms with Crippen molar-refractivity contribution in [3.63, 3.8) is 0 Å². The molecule has 0 heterocycles. The van der Waals surface area contributed by atoms with Crippen molar-refractivity contribution in [2.75, 3.05) is 34.3 Å². The molecule has 1 aromatic carbocycles. The number of rotatable bonds is 4. The third-order valence-corrected chi connectivity index (χ3v) is 2.73. The zero-order valence-corrected chi connectivity index (χ0v) is 12.6. The maximum absolute atomic E-state index is 12.6. The molecule has 0 bridgehead atoms. The molecule has 0 fully saturated rings. The second-order valence-electron chi connectivity index (χ2n) is 4.88. The first kappa shape index (κ1) is 18.0. The summed E-state index contributed by atoms with van der Waals surface area (Å²) in [5.41, 5.74) is -0.995. The first-order valence-electron chi connectivity index (χ1n) is 6.60. The molecule has 1 amide bonds. The summed E-state index contributed by atoms with van der Waals surface area (Å²) in [5.74, 6) is -0.705. The number of nitrogens with zero attached hydrogens (tertiary/aromatic N) is 1. The van der Waals surface area contributed by atoms with Crippen LogP contribution in [0.4, 0.5) is 13.2 Å². The van der Waals surface area contributed by atoms with Crippen LogP contribution in [0.25, 0.3) is 0 Å². The molecule has 0 saturated heterocycles. The topological polar surface area (TPSA) is 55.1 Å². The molecule has 0 saturated carbocycles. The Morgan fingerprint density at radius 2 is 2.05 bits per heavy atom. The number of aliphatic imine (C=N–C) groups is 1. The van der Waals surface area contributed by atoms with Gasteiger partial charge in [-0.25, -0.2) is 4.99 Å². The van der Waals surface area contributed by atoms with Crippen molar-refractivity contribution in [1.82, 2.24) is 5.32 Å². The summed E-state index contributed by atoms with van der Waals surface area (Å²) in [6, 6.07) is 4.14. The first-order chi connectivity index (χ1) is 10.2. The highest BCUT2D eigenvalue weighted by molar-refractivity contribution is 6.04. The summed E-state index contributed by atoms with van der Waals surface area (Å²) in [5, 5.41) is 2.35. The molecule has 0 aliphatic heterocycles. The van der Waals surface area contributed by atoms with Crippen LogP contribution in [-0.4, -0.2) is 46.2 Å². The fourth-order valence-corrected chi connectivity index (χ4v) is 1.54. The van der Waals surface area contributed by atoms with Gasteiger partial charge in [0.1, 0.15) is 0 Å². The van der Waals surface area contributed by atoms with Crippen LogP contribution in [0, 0.1) is 0 Å². The largest absolute Gasteiger partial charge is 0.468 e. The number of methoxy groups -OCH3 is 1. The van der Waals surface area contributed by atoms with Crippen molar-refractivity contribution in [3.8, 4) is 0 Å². The number of amidine groups is 1. The van der Waals surface area contributed by atoms with Gasteiger partial charge in [-0.1, -0.05) is 6.07 Å². The van der Waals surface area contributed by atoms with E-state index in [0.29, 0.717) is 6.54 Å². The lowest BCUT2D eigenvalue weighted by atomic mass is 10.1. The fraction of sp³-hybridized carbons (Fsp3) is 0.429. The van der Waals surface area contributed by atoms with E-state index in [1.165, 1.54) is 24.1 Å². The Labute approximate surface area is 126 Å².